The van der Waals surface area contributed by atoms with Crippen molar-refractivity contribution in [1.82, 2.24) is 9.78 Å². The highest BCUT2D eigenvalue weighted by Crippen LogP contribution is 2.20. The van der Waals surface area contributed by atoms with Crippen LogP contribution in [0.1, 0.15) is 29.3 Å². The van der Waals surface area contributed by atoms with Crippen LogP contribution < -0.4 is 10.5 Å². The van der Waals surface area contributed by atoms with Gasteiger partial charge in [0.2, 0.25) is 5.91 Å². The van der Waals surface area contributed by atoms with Gasteiger partial charge in [-0.25, -0.2) is 0 Å². The number of hydrogen-bond acceptors (Lipinski definition) is 3. The molecule has 0 bridgehead atoms. The van der Waals surface area contributed by atoms with E-state index in [1.807, 2.05) is 10.9 Å². The van der Waals surface area contributed by atoms with Crippen molar-refractivity contribution in [3.63, 3.8) is 0 Å². The zero-order valence-corrected chi connectivity index (χ0v) is 11.9. The summed E-state index contributed by atoms with van der Waals surface area (Å²) < 4.78 is 7.44. The zero-order chi connectivity index (χ0) is 14.5. The predicted molar refractivity (Wildman–Crippen MR) is 76.8 cm³/mol. The second-order valence-electron chi connectivity index (χ2n) is 4.40. The lowest BCUT2D eigenvalue weighted by Crippen LogP contribution is -2.11. The molecule has 0 fully saturated rings. The molecule has 5 nitrogen and oxygen atoms in total. The Morgan fingerprint density at radius 3 is 2.95 bits per heavy atom. The number of nitrogens with zero attached hydrogens (tertiary/aromatic N) is 2. The SMILES string of the molecule is CCCn1cc(OCc2ccc(C(N)=O)cc2Cl)cn1. The van der Waals surface area contributed by atoms with E-state index in [1.54, 1.807) is 24.4 Å². The normalized spacial score (nSPS) is 10.5. The molecule has 0 unspecified atom stereocenters. The van der Waals surface area contributed by atoms with Crippen molar-refractivity contribution in [1.29, 1.82) is 0 Å². The third-order valence-electron chi connectivity index (χ3n) is 2.79. The van der Waals surface area contributed by atoms with Crippen molar-refractivity contribution >= 4 is 17.5 Å². The maximum absolute atomic E-state index is 11.0. The van der Waals surface area contributed by atoms with Crippen LogP contribution in [0, 0.1) is 0 Å². The Morgan fingerprint density at radius 1 is 1.50 bits per heavy atom. The molecular formula is C14H16ClN3O2. The molecule has 0 saturated heterocycles. The summed E-state index contributed by atoms with van der Waals surface area (Å²) in [6.07, 6.45) is 4.53. The van der Waals surface area contributed by atoms with Gasteiger partial charge in [-0.05, 0) is 18.6 Å². The van der Waals surface area contributed by atoms with Gasteiger partial charge in [0.05, 0.1) is 12.4 Å². The van der Waals surface area contributed by atoms with E-state index >= 15 is 0 Å². The fraction of sp³-hybridized carbons (Fsp3) is 0.286. The minimum absolute atomic E-state index is 0.315. The molecule has 2 rings (SSSR count). The van der Waals surface area contributed by atoms with E-state index < -0.39 is 5.91 Å². The zero-order valence-electron chi connectivity index (χ0n) is 11.2. The minimum atomic E-state index is -0.500. The number of nitrogens with two attached hydrogens (primary N) is 1. The summed E-state index contributed by atoms with van der Waals surface area (Å²) in [5.41, 5.74) is 6.36. The largest absolute Gasteiger partial charge is 0.486 e. The van der Waals surface area contributed by atoms with Crippen LogP contribution in [0.15, 0.2) is 30.6 Å². The number of aryl methyl sites for hydroxylation is 1. The summed E-state index contributed by atoms with van der Waals surface area (Å²) in [5.74, 6) is 0.189. The second kappa shape index (κ2) is 6.43. The molecule has 0 aliphatic carbocycles. The Bertz CT molecular complexity index is 610. The topological polar surface area (TPSA) is 70.1 Å². The van der Waals surface area contributed by atoms with Gasteiger partial charge in [0, 0.05) is 22.7 Å². The predicted octanol–water partition coefficient (Wildman–Crippen LogP) is 2.62. The van der Waals surface area contributed by atoms with E-state index in [9.17, 15) is 4.79 Å². The molecule has 2 aromatic rings. The Hall–Kier alpha value is -2.01. The van der Waals surface area contributed by atoms with Crippen molar-refractivity contribution in [2.24, 2.45) is 5.73 Å². The van der Waals surface area contributed by atoms with Crippen LogP contribution in [0.2, 0.25) is 5.02 Å². The van der Waals surface area contributed by atoms with Crippen molar-refractivity contribution in [2.75, 3.05) is 0 Å². The molecule has 0 aliphatic rings. The van der Waals surface area contributed by atoms with Gasteiger partial charge in [-0.3, -0.25) is 9.48 Å². The van der Waals surface area contributed by atoms with Gasteiger partial charge in [-0.15, -0.1) is 0 Å². The first-order valence-corrected chi connectivity index (χ1v) is 6.71. The van der Waals surface area contributed by atoms with Crippen molar-refractivity contribution < 1.29 is 9.53 Å². The number of carbonyl (C=O) groups excluding carboxylic acids is 1. The number of benzene rings is 1. The smallest absolute Gasteiger partial charge is 0.248 e. The monoisotopic (exact) mass is 293 g/mol. The lowest BCUT2D eigenvalue weighted by atomic mass is 10.1. The lowest BCUT2D eigenvalue weighted by molar-refractivity contribution is 0.1000. The number of primary amides is 1. The summed E-state index contributed by atoms with van der Waals surface area (Å²) in [5, 5.41) is 4.64. The van der Waals surface area contributed by atoms with Gasteiger partial charge in [0.25, 0.3) is 0 Å². The van der Waals surface area contributed by atoms with Crippen LogP contribution in [0.25, 0.3) is 0 Å². The quantitative estimate of drug-likeness (QED) is 0.890. The van der Waals surface area contributed by atoms with Crippen LogP contribution in [0.3, 0.4) is 0 Å². The molecule has 0 atom stereocenters. The molecule has 6 heteroatoms. The van der Waals surface area contributed by atoms with Crippen LogP contribution >= 0.6 is 11.6 Å². The number of carbonyl (C=O) groups is 1. The molecule has 1 amide bonds. The molecule has 0 saturated carbocycles. The maximum atomic E-state index is 11.0. The first-order chi connectivity index (χ1) is 9.60. The highest BCUT2D eigenvalue weighted by Gasteiger charge is 2.07. The second-order valence-corrected chi connectivity index (χ2v) is 4.81. The average molecular weight is 294 g/mol. The highest BCUT2D eigenvalue weighted by atomic mass is 35.5. The van der Waals surface area contributed by atoms with E-state index in [1.165, 1.54) is 0 Å². The molecular weight excluding hydrogens is 278 g/mol. The molecule has 20 heavy (non-hydrogen) atoms. The van der Waals surface area contributed by atoms with E-state index in [2.05, 4.69) is 12.0 Å². The van der Waals surface area contributed by atoms with Crippen LogP contribution in [0.4, 0.5) is 0 Å². The number of aromatic nitrogens is 2. The molecule has 0 radical (unpaired) electrons. The number of rotatable bonds is 6. The number of ether oxygens (including phenoxy) is 1. The third kappa shape index (κ3) is 3.51. The summed E-state index contributed by atoms with van der Waals surface area (Å²) in [4.78, 5) is 11.0. The van der Waals surface area contributed by atoms with E-state index in [4.69, 9.17) is 22.1 Å². The molecule has 1 heterocycles. The molecule has 2 N–H and O–H groups in total. The molecule has 0 aliphatic heterocycles. The first kappa shape index (κ1) is 14.4. The van der Waals surface area contributed by atoms with Gasteiger partial charge < -0.3 is 10.5 Å². The fourth-order valence-corrected chi connectivity index (χ4v) is 1.98. The number of amides is 1. The van der Waals surface area contributed by atoms with E-state index in [-0.39, 0.29) is 0 Å². The molecule has 1 aromatic carbocycles. The Kier molecular flexibility index (Phi) is 4.63. The maximum Gasteiger partial charge on any atom is 0.248 e. The number of halogens is 1. The van der Waals surface area contributed by atoms with Gasteiger partial charge in [0.15, 0.2) is 5.75 Å². The van der Waals surface area contributed by atoms with Crippen molar-refractivity contribution in [3.05, 3.63) is 46.7 Å². The van der Waals surface area contributed by atoms with Crippen LogP contribution in [-0.4, -0.2) is 15.7 Å². The first-order valence-electron chi connectivity index (χ1n) is 6.33. The fourth-order valence-electron chi connectivity index (χ4n) is 1.75. The van der Waals surface area contributed by atoms with Gasteiger partial charge >= 0.3 is 0 Å². The van der Waals surface area contributed by atoms with E-state index in [0.29, 0.717) is 22.9 Å². The third-order valence-corrected chi connectivity index (χ3v) is 3.15. The minimum Gasteiger partial charge on any atom is -0.486 e. The molecule has 0 spiro atoms. The Morgan fingerprint density at radius 2 is 2.30 bits per heavy atom. The summed E-state index contributed by atoms with van der Waals surface area (Å²) in [6, 6.07) is 4.91. The van der Waals surface area contributed by atoms with Crippen molar-refractivity contribution in [3.8, 4) is 5.75 Å². The van der Waals surface area contributed by atoms with Gasteiger partial charge in [0.1, 0.15) is 6.61 Å². The average Bonchev–Trinajstić information content (AvgIpc) is 2.85. The standard InChI is InChI=1S/C14H16ClN3O2/c1-2-5-18-8-12(7-17-18)20-9-11-4-3-10(14(16)19)6-13(11)15/h3-4,6-8H,2,5,9H2,1H3,(H2,16,19). The molecule has 106 valence electrons. The number of hydrogen-bond donors (Lipinski definition) is 1. The molecule has 1 aromatic heterocycles. The lowest BCUT2D eigenvalue weighted by Gasteiger charge is -2.06. The Balaban J connectivity index is 2.01. The van der Waals surface area contributed by atoms with Gasteiger partial charge in [-0.1, -0.05) is 24.6 Å². The summed E-state index contributed by atoms with van der Waals surface area (Å²) in [6.45, 7) is 3.26. The van der Waals surface area contributed by atoms with Crippen LogP contribution in [-0.2, 0) is 13.2 Å². The van der Waals surface area contributed by atoms with Crippen molar-refractivity contribution in [2.45, 2.75) is 26.5 Å². The summed E-state index contributed by atoms with van der Waals surface area (Å²) >= 11 is 6.09. The Labute approximate surface area is 122 Å². The van der Waals surface area contributed by atoms with Gasteiger partial charge in [-0.2, -0.15) is 5.10 Å². The summed E-state index contributed by atoms with van der Waals surface area (Å²) in [7, 11) is 0. The van der Waals surface area contributed by atoms with E-state index in [0.717, 1.165) is 18.5 Å². The highest BCUT2D eigenvalue weighted by molar-refractivity contribution is 6.31. The van der Waals surface area contributed by atoms with Crippen LogP contribution in [0.5, 0.6) is 5.75 Å².